The van der Waals surface area contributed by atoms with Crippen LogP contribution in [0.1, 0.15) is 34.3 Å². The molecule has 0 saturated heterocycles. The number of hydrogen-bond acceptors (Lipinski definition) is 3. The highest BCUT2D eigenvalue weighted by atomic mass is 16.4. The third-order valence-corrected chi connectivity index (χ3v) is 4.74. The van der Waals surface area contributed by atoms with Gasteiger partial charge >= 0.3 is 5.97 Å². The zero-order valence-corrected chi connectivity index (χ0v) is 16.7. The summed E-state index contributed by atoms with van der Waals surface area (Å²) in [4.78, 5) is 25.4. The van der Waals surface area contributed by atoms with E-state index in [0.29, 0.717) is 30.8 Å². The van der Waals surface area contributed by atoms with E-state index in [0.717, 1.165) is 16.7 Å². The van der Waals surface area contributed by atoms with Gasteiger partial charge in [0.25, 0.3) is 5.91 Å². The quantitative estimate of drug-likeness (QED) is 0.633. The fourth-order valence-electron chi connectivity index (χ4n) is 3.13. The Hall–Kier alpha value is -3.41. The summed E-state index contributed by atoms with van der Waals surface area (Å²) in [6.07, 6.45) is 2.23. The van der Waals surface area contributed by atoms with E-state index in [-0.39, 0.29) is 12.3 Å². The Morgan fingerprint density at radius 1 is 1.07 bits per heavy atom. The van der Waals surface area contributed by atoms with Crippen LogP contribution in [0.4, 0.5) is 0 Å². The van der Waals surface area contributed by atoms with Crippen molar-refractivity contribution < 1.29 is 14.7 Å². The minimum atomic E-state index is -0.859. The highest BCUT2D eigenvalue weighted by molar-refractivity contribution is 5.99. The lowest BCUT2D eigenvalue weighted by Gasteiger charge is -2.16. The standard InChI is InChI=1S/C23H25N3O3/c1-17-10-12-19(13-11-17)22-20(23(29)25(2)14-6-9-21(27)28)16-26(24-22)15-18-7-4-3-5-8-18/h3-5,7-8,10-13,16H,6,9,14-15H2,1-2H3,(H,27,28). The fourth-order valence-corrected chi connectivity index (χ4v) is 3.13. The predicted octanol–water partition coefficient (Wildman–Crippen LogP) is 3.84. The SMILES string of the molecule is Cc1ccc(-c2nn(Cc3ccccc3)cc2C(=O)N(C)CCCC(=O)O)cc1. The number of aryl methyl sites for hydroxylation is 1. The van der Waals surface area contributed by atoms with E-state index >= 15 is 0 Å². The summed E-state index contributed by atoms with van der Waals surface area (Å²) >= 11 is 0. The lowest BCUT2D eigenvalue weighted by molar-refractivity contribution is -0.137. The molecule has 0 aliphatic heterocycles. The maximum absolute atomic E-state index is 13.1. The van der Waals surface area contributed by atoms with Crippen LogP contribution in [0.25, 0.3) is 11.3 Å². The number of aromatic nitrogens is 2. The van der Waals surface area contributed by atoms with Crippen molar-refractivity contribution in [2.75, 3.05) is 13.6 Å². The molecule has 0 saturated carbocycles. The van der Waals surface area contributed by atoms with Crippen LogP contribution in [0, 0.1) is 6.92 Å². The van der Waals surface area contributed by atoms with Crippen LogP contribution in [-0.4, -0.2) is 45.3 Å². The Bertz CT molecular complexity index is 978. The molecule has 1 aromatic heterocycles. The molecule has 3 rings (SSSR count). The molecule has 1 N–H and O–H groups in total. The smallest absolute Gasteiger partial charge is 0.303 e. The van der Waals surface area contributed by atoms with Crippen molar-refractivity contribution >= 4 is 11.9 Å². The second kappa shape index (κ2) is 9.19. The highest BCUT2D eigenvalue weighted by Crippen LogP contribution is 2.24. The van der Waals surface area contributed by atoms with E-state index < -0.39 is 5.97 Å². The van der Waals surface area contributed by atoms with Gasteiger partial charge in [0.1, 0.15) is 5.69 Å². The average molecular weight is 391 g/mol. The lowest BCUT2D eigenvalue weighted by atomic mass is 10.1. The summed E-state index contributed by atoms with van der Waals surface area (Å²) in [5, 5.41) is 13.5. The first-order chi connectivity index (χ1) is 13.9. The molecule has 6 nitrogen and oxygen atoms in total. The number of benzene rings is 2. The van der Waals surface area contributed by atoms with E-state index in [9.17, 15) is 9.59 Å². The Labute approximate surface area is 170 Å². The van der Waals surface area contributed by atoms with E-state index in [4.69, 9.17) is 10.2 Å². The number of carbonyl (C=O) groups excluding carboxylic acids is 1. The van der Waals surface area contributed by atoms with Gasteiger partial charge in [-0.2, -0.15) is 5.10 Å². The van der Waals surface area contributed by atoms with Gasteiger partial charge in [0.15, 0.2) is 0 Å². The van der Waals surface area contributed by atoms with Gasteiger partial charge < -0.3 is 10.0 Å². The predicted molar refractivity (Wildman–Crippen MR) is 112 cm³/mol. The van der Waals surface area contributed by atoms with E-state index in [1.807, 2.05) is 61.5 Å². The second-order valence-corrected chi connectivity index (χ2v) is 7.16. The normalized spacial score (nSPS) is 10.7. The molecule has 0 spiro atoms. The molecule has 0 fully saturated rings. The summed E-state index contributed by atoms with van der Waals surface area (Å²) in [6, 6.07) is 17.9. The first kappa shape index (κ1) is 20.3. The molecule has 1 heterocycles. The van der Waals surface area contributed by atoms with Gasteiger partial charge in [-0.05, 0) is 18.9 Å². The summed E-state index contributed by atoms with van der Waals surface area (Å²) in [6.45, 7) is 2.96. The monoisotopic (exact) mass is 391 g/mol. The zero-order valence-electron chi connectivity index (χ0n) is 16.7. The summed E-state index contributed by atoms with van der Waals surface area (Å²) in [7, 11) is 1.69. The van der Waals surface area contributed by atoms with Crippen molar-refractivity contribution in [3.8, 4) is 11.3 Å². The van der Waals surface area contributed by atoms with E-state index in [1.165, 1.54) is 0 Å². The van der Waals surface area contributed by atoms with Gasteiger partial charge in [-0.1, -0.05) is 60.2 Å². The molecule has 6 heteroatoms. The molecule has 0 aliphatic rings. The van der Waals surface area contributed by atoms with Crippen LogP contribution in [0.2, 0.25) is 0 Å². The van der Waals surface area contributed by atoms with Gasteiger partial charge in [-0.15, -0.1) is 0 Å². The van der Waals surface area contributed by atoms with Crippen LogP contribution in [0.5, 0.6) is 0 Å². The summed E-state index contributed by atoms with van der Waals surface area (Å²) < 4.78 is 1.78. The molecule has 0 radical (unpaired) electrons. The van der Waals surface area contributed by atoms with E-state index in [2.05, 4.69) is 0 Å². The average Bonchev–Trinajstić information content (AvgIpc) is 3.12. The molecular formula is C23H25N3O3. The molecule has 29 heavy (non-hydrogen) atoms. The Kier molecular flexibility index (Phi) is 6.44. The molecular weight excluding hydrogens is 366 g/mol. The largest absolute Gasteiger partial charge is 0.481 e. The highest BCUT2D eigenvalue weighted by Gasteiger charge is 2.21. The molecule has 3 aromatic rings. The Morgan fingerprint density at radius 2 is 1.76 bits per heavy atom. The van der Waals surface area contributed by atoms with Crippen molar-refractivity contribution in [2.45, 2.75) is 26.3 Å². The number of carbonyl (C=O) groups is 2. The Morgan fingerprint density at radius 3 is 2.41 bits per heavy atom. The van der Waals surface area contributed by atoms with Crippen LogP contribution >= 0.6 is 0 Å². The zero-order chi connectivity index (χ0) is 20.8. The van der Waals surface area contributed by atoms with Crippen LogP contribution in [-0.2, 0) is 11.3 Å². The lowest BCUT2D eigenvalue weighted by Crippen LogP contribution is -2.28. The first-order valence-electron chi connectivity index (χ1n) is 9.59. The Balaban J connectivity index is 1.89. The van der Waals surface area contributed by atoms with Gasteiger partial charge in [0, 0.05) is 31.8 Å². The minimum absolute atomic E-state index is 0.0374. The topological polar surface area (TPSA) is 75.4 Å². The summed E-state index contributed by atoms with van der Waals surface area (Å²) in [5.74, 6) is -1.02. The second-order valence-electron chi connectivity index (χ2n) is 7.16. The van der Waals surface area contributed by atoms with Crippen molar-refractivity contribution in [1.82, 2.24) is 14.7 Å². The number of amides is 1. The number of hydrogen-bond donors (Lipinski definition) is 1. The molecule has 0 unspecified atom stereocenters. The third-order valence-electron chi connectivity index (χ3n) is 4.74. The van der Waals surface area contributed by atoms with Crippen LogP contribution in [0.15, 0.2) is 60.8 Å². The number of carboxylic acids is 1. The van der Waals surface area contributed by atoms with E-state index in [1.54, 1.807) is 22.8 Å². The summed E-state index contributed by atoms with van der Waals surface area (Å²) in [5.41, 5.74) is 4.26. The molecule has 0 aliphatic carbocycles. The minimum Gasteiger partial charge on any atom is -0.481 e. The number of rotatable bonds is 8. The van der Waals surface area contributed by atoms with Gasteiger partial charge in [0.2, 0.25) is 0 Å². The number of nitrogens with zero attached hydrogens (tertiary/aromatic N) is 3. The fraction of sp³-hybridized carbons (Fsp3) is 0.261. The first-order valence-corrected chi connectivity index (χ1v) is 9.59. The van der Waals surface area contributed by atoms with Crippen molar-refractivity contribution in [1.29, 1.82) is 0 Å². The van der Waals surface area contributed by atoms with Crippen molar-refractivity contribution in [2.24, 2.45) is 0 Å². The number of aliphatic carboxylic acids is 1. The third kappa shape index (κ3) is 5.31. The van der Waals surface area contributed by atoms with Crippen LogP contribution < -0.4 is 0 Å². The maximum Gasteiger partial charge on any atom is 0.303 e. The maximum atomic E-state index is 13.1. The van der Waals surface area contributed by atoms with Gasteiger partial charge in [-0.25, -0.2) is 0 Å². The molecule has 150 valence electrons. The molecule has 1 amide bonds. The van der Waals surface area contributed by atoms with Crippen molar-refractivity contribution in [3.05, 3.63) is 77.5 Å². The van der Waals surface area contributed by atoms with Crippen LogP contribution in [0.3, 0.4) is 0 Å². The molecule has 0 atom stereocenters. The number of carboxylic acid groups (broad SMARTS) is 1. The van der Waals surface area contributed by atoms with Gasteiger partial charge in [0.05, 0.1) is 12.1 Å². The van der Waals surface area contributed by atoms with Crippen molar-refractivity contribution in [3.63, 3.8) is 0 Å². The van der Waals surface area contributed by atoms with Gasteiger partial charge in [-0.3, -0.25) is 14.3 Å². The molecule has 2 aromatic carbocycles. The molecule has 0 bridgehead atoms.